The summed E-state index contributed by atoms with van der Waals surface area (Å²) in [4.78, 5) is 34.8. The van der Waals surface area contributed by atoms with Gasteiger partial charge in [0, 0.05) is 36.6 Å². The number of hydrogen-bond acceptors (Lipinski definition) is 8. The Bertz CT molecular complexity index is 1580. The molecule has 1 saturated carbocycles. The molecule has 2 N–H and O–H groups in total. The number of nitrogens with one attached hydrogen (secondary N) is 2. The van der Waals surface area contributed by atoms with Crippen LogP contribution in [0, 0.1) is 6.92 Å². The summed E-state index contributed by atoms with van der Waals surface area (Å²) < 4.78 is 9.29. The van der Waals surface area contributed by atoms with Crippen molar-refractivity contribution in [3.8, 4) is 10.4 Å². The van der Waals surface area contributed by atoms with E-state index in [1.807, 2.05) is 24.0 Å². The summed E-state index contributed by atoms with van der Waals surface area (Å²) in [6.45, 7) is 6.28. The number of carbonyl (C=O) groups is 2. The van der Waals surface area contributed by atoms with Crippen LogP contribution in [0.3, 0.4) is 0 Å². The van der Waals surface area contributed by atoms with Crippen molar-refractivity contribution in [2.75, 3.05) is 31.6 Å². The molecule has 0 bridgehead atoms. The molecule has 4 aromatic heterocycles. The Labute approximate surface area is 229 Å². The number of anilines is 1. The van der Waals surface area contributed by atoms with E-state index in [0.29, 0.717) is 47.8 Å². The van der Waals surface area contributed by atoms with E-state index in [0.717, 1.165) is 40.6 Å². The normalized spacial score (nSPS) is 18.0. The molecule has 12 heteroatoms. The number of aryl methyl sites for hydroxylation is 1. The van der Waals surface area contributed by atoms with Crippen LogP contribution in [0.5, 0.6) is 0 Å². The fourth-order valence-corrected chi connectivity index (χ4v) is 6.87. The molecule has 0 aromatic carbocycles. The molecule has 1 aliphatic carbocycles. The lowest BCUT2D eigenvalue weighted by atomic mass is 10.2. The number of aromatic nitrogens is 5. The first-order chi connectivity index (χ1) is 19.0. The lowest BCUT2D eigenvalue weighted by Gasteiger charge is -2.23. The van der Waals surface area contributed by atoms with Gasteiger partial charge >= 0.3 is 0 Å². The third-order valence-electron chi connectivity index (χ3n) is 8.17. The van der Waals surface area contributed by atoms with Gasteiger partial charge in [-0.2, -0.15) is 10.2 Å². The standard InChI is InChI=1S/C27H30N8O3S/c1-17-21(11-18(12-29-17)24(36)28-6-8-33-7-2-3-27(33)4-5-27)32-25(37)20-14-31-35-15-23(39-26(20)35)19-13-30-34-9-10-38-16-22(19)34/h11-15H,2-10,16H2,1H3,(H,28,36)(H,32,37). The van der Waals surface area contributed by atoms with Crippen LogP contribution in [0.2, 0.25) is 0 Å². The molecule has 0 unspecified atom stereocenters. The predicted molar refractivity (Wildman–Crippen MR) is 146 cm³/mol. The van der Waals surface area contributed by atoms with E-state index >= 15 is 0 Å². The molecule has 2 fully saturated rings. The van der Waals surface area contributed by atoms with Crippen molar-refractivity contribution in [2.45, 2.75) is 51.3 Å². The Morgan fingerprint density at radius 1 is 1.13 bits per heavy atom. The number of hydrogen-bond donors (Lipinski definition) is 2. The molecule has 7 rings (SSSR count). The highest BCUT2D eigenvalue weighted by Crippen LogP contribution is 2.49. The van der Waals surface area contributed by atoms with Crippen LogP contribution in [0.4, 0.5) is 5.69 Å². The molecular weight excluding hydrogens is 516 g/mol. The molecule has 11 nitrogen and oxygen atoms in total. The molecule has 4 aromatic rings. The third kappa shape index (κ3) is 4.42. The zero-order valence-electron chi connectivity index (χ0n) is 21.8. The van der Waals surface area contributed by atoms with Gasteiger partial charge in [0.25, 0.3) is 11.8 Å². The van der Waals surface area contributed by atoms with E-state index < -0.39 is 0 Å². The minimum atomic E-state index is -0.301. The lowest BCUT2D eigenvalue weighted by molar-refractivity contribution is 0.0804. The smallest absolute Gasteiger partial charge is 0.260 e. The van der Waals surface area contributed by atoms with E-state index in [2.05, 4.69) is 30.7 Å². The van der Waals surface area contributed by atoms with E-state index in [-0.39, 0.29) is 11.8 Å². The molecule has 202 valence electrons. The van der Waals surface area contributed by atoms with E-state index in [4.69, 9.17) is 4.74 Å². The van der Waals surface area contributed by atoms with Crippen molar-refractivity contribution in [1.82, 2.24) is 34.6 Å². The average molecular weight is 547 g/mol. The summed E-state index contributed by atoms with van der Waals surface area (Å²) in [6.07, 6.45) is 12.0. The van der Waals surface area contributed by atoms with Crippen molar-refractivity contribution in [1.29, 1.82) is 0 Å². The second-order valence-corrected chi connectivity index (χ2v) is 11.6. The van der Waals surface area contributed by atoms with Gasteiger partial charge in [0.05, 0.1) is 65.2 Å². The van der Waals surface area contributed by atoms with Crippen LogP contribution in [0.1, 0.15) is 57.8 Å². The minimum Gasteiger partial charge on any atom is -0.373 e. The van der Waals surface area contributed by atoms with E-state index in [1.165, 1.54) is 37.0 Å². The molecule has 6 heterocycles. The quantitative estimate of drug-likeness (QED) is 0.366. The Balaban J connectivity index is 1.05. The topological polar surface area (TPSA) is 119 Å². The highest BCUT2D eigenvalue weighted by molar-refractivity contribution is 7.21. The third-order valence-corrected chi connectivity index (χ3v) is 9.32. The SMILES string of the molecule is Cc1ncc(C(=O)NCCN2CCCC23CC3)cc1NC(=O)c1cnn2cc(-c3cnn4c3COCC4)sc12. The van der Waals surface area contributed by atoms with E-state index in [1.54, 1.807) is 23.0 Å². The Hall–Kier alpha value is -3.61. The number of nitrogens with zero attached hydrogens (tertiary/aromatic N) is 6. The average Bonchev–Trinajstić information content (AvgIpc) is 3.28. The predicted octanol–water partition coefficient (Wildman–Crippen LogP) is 3.10. The second kappa shape index (κ2) is 9.54. The van der Waals surface area contributed by atoms with Crippen molar-refractivity contribution >= 4 is 33.7 Å². The Morgan fingerprint density at radius 2 is 2.03 bits per heavy atom. The molecule has 0 atom stereocenters. The molecule has 1 spiro atoms. The van der Waals surface area contributed by atoms with Crippen molar-refractivity contribution in [3.63, 3.8) is 0 Å². The number of thiazole rings is 1. The molecule has 2 amide bonds. The molecule has 39 heavy (non-hydrogen) atoms. The van der Waals surface area contributed by atoms with Crippen molar-refractivity contribution in [3.05, 3.63) is 53.4 Å². The minimum absolute atomic E-state index is 0.189. The fraction of sp³-hybridized carbons (Fsp3) is 0.444. The maximum Gasteiger partial charge on any atom is 0.260 e. The summed E-state index contributed by atoms with van der Waals surface area (Å²) in [6, 6.07) is 1.69. The van der Waals surface area contributed by atoms with Gasteiger partial charge in [0.2, 0.25) is 0 Å². The van der Waals surface area contributed by atoms with Crippen LogP contribution >= 0.6 is 11.3 Å². The number of rotatable bonds is 7. The number of amides is 2. The maximum absolute atomic E-state index is 13.3. The fourth-order valence-electron chi connectivity index (χ4n) is 5.78. The molecule has 0 radical (unpaired) electrons. The van der Waals surface area contributed by atoms with Crippen molar-refractivity contribution < 1.29 is 14.3 Å². The van der Waals surface area contributed by atoms with Gasteiger partial charge in [-0.15, -0.1) is 11.3 Å². The maximum atomic E-state index is 13.3. The van der Waals surface area contributed by atoms with Gasteiger partial charge in [-0.05, 0) is 45.2 Å². The van der Waals surface area contributed by atoms with Crippen LogP contribution in [0.15, 0.2) is 30.9 Å². The molecule has 3 aliphatic rings. The summed E-state index contributed by atoms with van der Waals surface area (Å²) in [5.74, 6) is -0.489. The van der Waals surface area contributed by atoms with Crippen LogP contribution in [-0.2, 0) is 17.9 Å². The van der Waals surface area contributed by atoms with E-state index in [9.17, 15) is 9.59 Å². The number of likely N-dealkylation sites (tertiary alicyclic amines) is 1. The zero-order valence-corrected chi connectivity index (χ0v) is 22.6. The summed E-state index contributed by atoms with van der Waals surface area (Å²) in [5.41, 5.74) is 4.46. The number of carbonyl (C=O) groups excluding carboxylic acids is 2. The number of pyridine rings is 1. The largest absolute Gasteiger partial charge is 0.373 e. The Morgan fingerprint density at radius 3 is 2.90 bits per heavy atom. The van der Waals surface area contributed by atoms with Gasteiger partial charge in [-0.25, -0.2) is 4.52 Å². The van der Waals surface area contributed by atoms with Gasteiger partial charge < -0.3 is 15.4 Å². The first kappa shape index (κ1) is 24.4. The number of fused-ring (bicyclic) bond motifs is 2. The zero-order chi connectivity index (χ0) is 26.6. The lowest BCUT2D eigenvalue weighted by Crippen LogP contribution is -2.38. The summed E-state index contributed by atoms with van der Waals surface area (Å²) in [5, 5.41) is 14.8. The highest BCUT2D eigenvalue weighted by atomic mass is 32.1. The number of ether oxygens (including phenoxy) is 1. The monoisotopic (exact) mass is 546 g/mol. The van der Waals surface area contributed by atoms with Gasteiger partial charge in [0.15, 0.2) is 0 Å². The van der Waals surface area contributed by atoms with Crippen LogP contribution in [0.25, 0.3) is 15.3 Å². The van der Waals surface area contributed by atoms with Gasteiger partial charge in [-0.1, -0.05) is 0 Å². The first-order valence-electron chi connectivity index (χ1n) is 13.4. The van der Waals surface area contributed by atoms with Crippen LogP contribution < -0.4 is 10.6 Å². The first-order valence-corrected chi connectivity index (χ1v) is 14.2. The van der Waals surface area contributed by atoms with Crippen LogP contribution in [-0.4, -0.2) is 72.9 Å². The van der Waals surface area contributed by atoms with Gasteiger partial charge in [-0.3, -0.25) is 24.2 Å². The second-order valence-electron chi connectivity index (χ2n) is 10.6. The molecular formula is C27H30N8O3S. The summed E-state index contributed by atoms with van der Waals surface area (Å²) >= 11 is 1.48. The molecule has 2 aliphatic heterocycles. The Kier molecular flexibility index (Phi) is 5.98. The van der Waals surface area contributed by atoms with Gasteiger partial charge in [0.1, 0.15) is 4.83 Å². The highest BCUT2D eigenvalue weighted by Gasteiger charge is 2.50. The summed E-state index contributed by atoms with van der Waals surface area (Å²) in [7, 11) is 0. The van der Waals surface area contributed by atoms with Crippen molar-refractivity contribution in [2.24, 2.45) is 0 Å². The molecule has 1 saturated heterocycles.